The monoisotopic (exact) mass is 179 g/mol. The van der Waals surface area contributed by atoms with Gasteiger partial charge in [-0.25, -0.2) is 0 Å². The number of nitrogens with zero attached hydrogens (tertiary/aromatic N) is 1. The minimum absolute atomic E-state index is 0.00888. The summed E-state index contributed by atoms with van der Waals surface area (Å²) < 4.78 is 0. The quantitative estimate of drug-likeness (QED) is 0.522. The van der Waals surface area contributed by atoms with Gasteiger partial charge >= 0.3 is 0 Å². The largest absolute Gasteiger partial charge is 0.276 e. The molecule has 0 bridgehead atoms. The topological polar surface area (TPSA) is 29.5 Å². The first-order valence-electron chi connectivity index (χ1n) is 4.20. The highest BCUT2D eigenvalue weighted by Gasteiger charge is 2.06. The Morgan fingerprint density at radius 1 is 1.31 bits per heavy atom. The van der Waals surface area contributed by atoms with Crippen molar-refractivity contribution < 1.29 is 9.63 Å². The minimum atomic E-state index is -0.00888. The van der Waals surface area contributed by atoms with Crippen LogP contribution < -0.4 is 5.06 Å². The van der Waals surface area contributed by atoms with Crippen LogP contribution in [0, 0.1) is 0 Å². The highest BCUT2D eigenvalue weighted by atomic mass is 16.7. The van der Waals surface area contributed by atoms with Gasteiger partial charge in [-0.15, -0.1) is 0 Å². The van der Waals surface area contributed by atoms with Crippen LogP contribution in [0.4, 0.5) is 5.69 Å². The molecule has 1 amide bonds. The maximum absolute atomic E-state index is 10.6. The SMILES string of the molecule is CC(C)ON(C=O)c1ccccc1. The van der Waals surface area contributed by atoms with Crippen LogP contribution in [0.25, 0.3) is 0 Å². The molecular formula is C10H13NO2. The molecule has 3 heteroatoms. The van der Waals surface area contributed by atoms with Crippen LogP contribution in [0.5, 0.6) is 0 Å². The Balaban J connectivity index is 2.73. The van der Waals surface area contributed by atoms with Crippen LogP contribution in [0.15, 0.2) is 30.3 Å². The third-order valence-electron chi connectivity index (χ3n) is 1.43. The summed E-state index contributed by atoms with van der Waals surface area (Å²) in [5.41, 5.74) is 0.742. The number of rotatable bonds is 4. The van der Waals surface area contributed by atoms with E-state index in [2.05, 4.69) is 0 Å². The summed E-state index contributed by atoms with van der Waals surface area (Å²) in [5.74, 6) is 0. The van der Waals surface area contributed by atoms with Crippen molar-refractivity contribution in [3.05, 3.63) is 30.3 Å². The van der Waals surface area contributed by atoms with Gasteiger partial charge in [0.15, 0.2) is 0 Å². The summed E-state index contributed by atoms with van der Waals surface area (Å²) in [6.45, 7) is 3.75. The van der Waals surface area contributed by atoms with Crippen molar-refractivity contribution >= 4 is 12.1 Å². The van der Waals surface area contributed by atoms with Crippen LogP contribution in [0.2, 0.25) is 0 Å². The molecular weight excluding hydrogens is 166 g/mol. The zero-order chi connectivity index (χ0) is 9.68. The van der Waals surface area contributed by atoms with E-state index in [9.17, 15) is 4.79 Å². The lowest BCUT2D eigenvalue weighted by atomic mass is 10.3. The highest BCUT2D eigenvalue weighted by Crippen LogP contribution is 2.12. The van der Waals surface area contributed by atoms with E-state index in [0.29, 0.717) is 6.41 Å². The first-order chi connectivity index (χ1) is 6.24. The Morgan fingerprint density at radius 2 is 1.92 bits per heavy atom. The maximum Gasteiger partial charge on any atom is 0.238 e. The van der Waals surface area contributed by atoms with Crippen molar-refractivity contribution in [2.24, 2.45) is 0 Å². The van der Waals surface area contributed by atoms with Crippen molar-refractivity contribution in [1.82, 2.24) is 0 Å². The molecule has 0 unspecified atom stereocenters. The summed E-state index contributed by atoms with van der Waals surface area (Å²) in [5, 5.41) is 1.23. The molecule has 0 heterocycles. The number of hydrogen-bond donors (Lipinski definition) is 0. The Kier molecular flexibility index (Phi) is 3.46. The standard InChI is InChI=1S/C10H13NO2/c1-9(2)13-11(8-12)10-6-4-3-5-7-10/h3-9H,1-2H3. The maximum atomic E-state index is 10.6. The van der Waals surface area contributed by atoms with E-state index in [1.165, 1.54) is 5.06 Å². The first-order valence-corrected chi connectivity index (χ1v) is 4.20. The summed E-state index contributed by atoms with van der Waals surface area (Å²) in [4.78, 5) is 15.9. The number of hydroxylamine groups is 1. The zero-order valence-corrected chi connectivity index (χ0v) is 7.81. The fourth-order valence-corrected chi connectivity index (χ4v) is 0.949. The van der Waals surface area contributed by atoms with E-state index in [1.54, 1.807) is 0 Å². The molecule has 0 N–H and O–H groups in total. The van der Waals surface area contributed by atoms with E-state index in [-0.39, 0.29) is 6.10 Å². The number of para-hydroxylation sites is 1. The van der Waals surface area contributed by atoms with Crippen molar-refractivity contribution in [3.8, 4) is 0 Å². The average molecular weight is 179 g/mol. The molecule has 0 spiro atoms. The van der Waals surface area contributed by atoms with Gasteiger partial charge in [0.1, 0.15) is 0 Å². The minimum Gasteiger partial charge on any atom is -0.276 e. The molecule has 0 aliphatic rings. The summed E-state index contributed by atoms with van der Waals surface area (Å²) >= 11 is 0. The Hall–Kier alpha value is -1.35. The van der Waals surface area contributed by atoms with Crippen molar-refractivity contribution in [3.63, 3.8) is 0 Å². The van der Waals surface area contributed by atoms with E-state index in [1.807, 2.05) is 44.2 Å². The van der Waals surface area contributed by atoms with Crippen molar-refractivity contribution in [2.75, 3.05) is 5.06 Å². The van der Waals surface area contributed by atoms with Gasteiger partial charge in [0.05, 0.1) is 11.8 Å². The molecule has 1 aromatic carbocycles. The number of amides is 1. The fraction of sp³-hybridized carbons (Fsp3) is 0.300. The molecule has 0 saturated carbocycles. The van der Waals surface area contributed by atoms with Gasteiger partial charge in [0, 0.05) is 0 Å². The lowest BCUT2D eigenvalue weighted by Crippen LogP contribution is -2.25. The van der Waals surface area contributed by atoms with E-state index < -0.39 is 0 Å². The van der Waals surface area contributed by atoms with Gasteiger partial charge in [0.2, 0.25) is 6.41 Å². The Morgan fingerprint density at radius 3 is 2.38 bits per heavy atom. The second-order valence-corrected chi connectivity index (χ2v) is 2.92. The third kappa shape index (κ3) is 2.87. The first kappa shape index (κ1) is 9.74. The van der Waals surface area contributed by atoms with Crippen LogP contribution >= 0.6 is 0 Å². The van der Waals surface area contributed by atoms with Crippen LogP contribution in [0.1, 0.15) is 13.8 Å². The number of carbonyl (C=O) groups is 1. The summed E-state index contributed by atoms with van der Waals surface area (Å²) in [7, 11) is 0. The molecule has 1 aromatic rings. The summed E-state index contributed by atoms with van der Waals surface area (Å²) in [6.07, 6.45) is 0.653. The lowest BCUT2D eigenvalue weighted by Gasteiger charge is -2.18. The molecule has 0 aliphatic carbocycles. The molecule has 1 rings (SSSR count). The lowest BCUT2D eigenvalue weighted by molar-refractivity contribution is -0.115. The molecule has 3 nitrogen and oxygen atoms in total. The predicted octanol–water partition coefficient (Wildman–Crippen LogP) is 1.99. The number of hydrogen-bond acceptors (Lipinski definition) is 2. The number of carbonyl (C=O) groups excluding carboxylic acids is 1. The van der Waals surface area contributed by atoms with Crippen LogP contribution in [-0.2, 0) is 9.63 Å². The molecule has 0 radical (unpaired) electrons. The van der Waals surface area contributed by atoms with Gasteiger partial charge in [-0.1, -0.05) is 18.2 Å². The zero-order valence-electron chi connectivity index (χ0n) is 7.81. The van der Waals surface area contributed by atoms with Crippen LogP contribution in [-0.4, -0.2) is 12.5 Å². The van der Waals surface area contributed by atoms with Crippen molar-refractivity contribution in [2.45, 2.75) is 20.0 Å². The predicted molar refractivity (Wildman–Crippen MR) is 51.2 cm³/mol. The molecule has 0 saturated heterocycles. The normalized spacial score (nSPS) is 10.1. The fourth-order valence-electron chi connectivity index (χ4n) is 0.949. The smallest absolute Gasteiger partial charge is 0.238 e. The second kappa shape index (κ2) is 4.62. The highest BCUT2D eigenvalue weighted by molar-refractivity contribution is 5.71. The second-order valence-electron chi connectivity index (χ2n) is 2.92. The molecule has 0 fully saturated rings. The van der Waals surface area contributed by atoms with E-state index in [0.717, 1.165) is 5.69 Å². The van der Waals surface area contributed by atoms with E-state index >= 15 is 0 Å². The summed E-state index contributed by atoms with van der Waals surface area (Å²) in [6, 6.07) is 9.24. The number of anilines is 1. The van der Waals surface area contributed by atoms with E-state index in [4.69, 9.17) is 4.84 Å². The average Bonchev–Trinajstić information content (AvgIpc) is 2.15. The Labute approximate surface area is 77.9 Å². The molecule has 0 aromatic heterocycles. The molecule has 0 atom stereocenters. The molecule has 13 heavy (non-hydrogen) atoms. The number of benzene rings is 1. The van der Waals surface area contributed by atoms with Gasteiger partial charge in [-0.3, -0.25) is 9.63 Å². The molecule has 70 valence electrons. The van der Waals surface area contributed by atoms with Crippen LogP contribution in [0.3, 0.4) is 0 Å². The third-order valence-corrected chi connectivity index (χ3v) is 1.43. The Bertz CT molecular complexity index is 259. The van der Waals surface area contributed by atoms with Gasteiger partial charge in [-0.2, -0.15) is 5.06 Å². The van der Waals surface area contributed by atoms with Gasteiger partial charge in [0.25, 0.3) is 0 Å². The van der Waals surface area contributed by atoms with Crippen molar-refractivity contribution in [1.29, 1.82) is 0 Å². The van der Waals surface area contributed by atoms with Gasteiger partial charge in [-0.05, 0) is 26.0 Å². The van der Waals surface area contributed by atoms with Gasteiger partial charge < -0.3 is 0 Å². The molecule has 0 aliphatic heterocycles.